The molecular formula is C27H28BrN3O6. The van der Waals surface area contributed by atoms with Crippen LogP contribution in [0, 0.1) is 0 Å². The maximum atomic E-state index is 12.8. The zero-order valence-corrected chi connectivity index (χ0v) is 21.9. The van der Waals surface area contributed by atoms with Crippen LogP contribution in [-0.4, -0.2) is 36.9 Å². The van der Waals surface area contributed by atoms with Gasteiger partial charge in [-0.15, -0.1) is 0 Å². The summed E-state index contributed by atoms with van der Waals surface area (Å²) >= 11 is 3.35. The minimum absolute atomic E-state index is 0.140. The summed E-state index contributed by atoms with van der Waals surface area (Å²) in [4.78, 5) is 25.4. The maximum Gasteiger partial charge on any atom is 0.412 e. The van der Waals surface area contributed by atoms with Gasteiger partial charge in [0, 0.05) is 22.8 Å². The van der Waals surface area contributed by atoms with Crippen molar-refractivity contribution in [1.82, 2.24) is 0 Å². The van der Waals surface area contributed by atoms with E-state index < -0.39 is 24.2 Å². The van der Waals surface area contributed by atoms with Crippen LogP contribution in [0.5, 0.6) is 11.5 Å². The number of phenols is 1. The third kappa shape index (κ3) is 7.99. The summed E-state index contributed by atoms with van der Waals surface area (Å²) in [5, 5.41) is 15.7. The second-order valence-corrected chi connectivity index (χ2v) is 8.66. The van der Waals surface area contributed by atoms with E-state index in [-0.39, 0.29) is 18.1 Å². The van der Waals surface area contributed by atoms with Crippen molar-refractivity contribution in [3.8, 4) is 11.5 Å². The number of hydrogen-bond donors (Lipinski definition) is 4. The number of amides is 2. The molecule has 0 aliphatic heterocycles. The number of benzene rings is 3. The van der Waals surface area contributed by atoms with Crippen molar-refractivity contribution >= 4 is 45.0 Å². The van der Waals surface area contributed by atoms with E-state index in [1.54, 1.807) is 67.6 Å². The molecule has 2 atom stereocenters. The first-order valence-corrected chi connectivity index (χ1v) is 12.2. The predicted octanol–water partition coefficient (Wildman–Crippen LogP) is 5.64. The number of aromatic hydroxyl groups is 1. The van der Waals surface area contributed by atoms with Crippen LogP contribution in [0.25, 0.3) is 0 Å². The first-order valence-electron chi connectivity index (χ1n) is 11.4. The smallest absolute Gasteiger partial charge is 0.412 e. The number of carbonyl (C=O) groups is 2. The normalized spacial score (nSPS) is 12.5. The average Bonchev–Trinajstić information content (AvgIpc) is 2.88. The number of anilines is 3. The zero-order chi connectivity index (χ0) is 26.8. The maximum absolute atomic E-state index is 12.8. The monoisotopic (exact) mass is 569 g/mol. The Morgan fingerprint density at radius 1 is 1.08 bits per heavy atom. The van der Waals surface area contributed by atoms with Gasteiger partial charge in [-0.05, 0) is 67.1 Å². The first-order chi connectivity index (χ1) is 17.8. The molecule has 0 aliphatic rings. The number of methoxy groups -OCH3 is 1. The Balaban J connectivity index is 1.86. The fraction of sp³-hybridized carbons (Fsp3) is 0.185. The topological polar surface area (TPSA) is 132 Å². The number of carbonyl (C=O) groups excluding carboxylic acids is 2. The molecule has 5 N–H and O–H groups in total. The second kappa shape index (κ2) is 13.3. The van der Waals surface area contributed by atoms with Crippen LogP contribution in [-0.2, 0) is 14.3 Å². The van der Waals surface area contributed by atoms with Crippen LogP contribution in [0.1, 0.15) is 18.6 Å². The van der Waals surface area contributed by atoms with Gasteiger partial charge in [-0.3, -0.25) is 10.1 Å². The van der Waals surface area contributed by atoms with Crippen LogP contribution in [0.2, 0.25) is 0 Å². The molecule has 0 radical (unpaired) electrons. The number of phenolic OH excluding ortho intramolecular Hbond substituents is 1. The number of halogens is 1. The van der Waals surface area contributed by atoms with Gasteiger partial charge < -0.3 is 30.4 Å². The van der Waals surface area contributed by atoms with Crippen molar-refractivity contribution < 1.29 is 28.9 Å². The van der Waals surface area contributed by atoms with Crippen LogP contribution in [0.3, 0.4) is 0 Å². The Hall–Kier alpha value is -4.02. The van der Waals surface area contributed by atoms with E-state index in [0.717, 1.165) is 4.47 Å². The number of nitrogens with two attached hydrogens (primary N) is 1. The molecule has 10 heteroatoms. The Labute approximate surface area is 223 Å². The van der Waals surface area contributed by atoms with Crippen molar-refractivity contribution in [2.75, 3.05) is 30.1 Å². The highest BCUT2D eigenvalue weighted by atomic mass is 79.9. The summed E-state index contributed by atoms with van der Waals surface area (Å²) in [6, 6.07) is 18.4. The van der Waals surface area contributed by atoms with E-state index in [9.17, 15) is 14.7 Å². The molecule has 37 heavy (non-hydrogen) atoms. The van der Waals surface area contributed by atoms with E-state index in [1.165, 1.54) is 25.3 Å². The van der Waals surface area contributed by atoms with E-state index in [1.807, 2.05) is 0 Å². The summed E-state index contributed by atoms with van der Waals surface area (Å²) in [7, 11) is 1.43. The number of ether oxygens (including phenoxy) is 3. The molecule has 0 aromatic heterocycles. The van der Waals surface area contributed by atoms with Gasteiger partial charge in [0.15, 0.2) is 17.6 Å². The number of nitrogens with one attached hydrogen (secondary N) is 2. The minimum Gasteiger partial charge on any atom is -0.504 e. The molecule has 3 rings (SSSR count). The molecule has 194 valence electrons. The lowest BCUT2D eigenvalue weighted by molar-refractivity contribution is -0.112. The Kier molecular flexibility index (Phi) is 9.93. The van der Waals surface area contributed by atoms with E-state index in [4.69, 9.17) is 19.9 Å². The third-order valence-corrected chi connectivity index (χ3v) is 5.70. The summed E-state index contributed by atoms with van der Waals surface area (Å²) in [6.07, 6.45) is 0.128. The minimum atomic E-state index is -1.02. The SMILES string of the molecule is CCO[C@H](/C=C/C(=O)Nc1ccccc1N)[C@H](OC(=O)Nc1ccc(Br)cc1)c1ccc(OC)c(O)c1. The molecule has 0 spiro atoms. The summed E-state index contributed by atoms with van der Waals surface area (Å²) in [6.45, 7) is 2.04. The Bertz CT molecular complexity index is 1250. The lowest BCUT2D eigenvalue weighted by Gasteiger charge is -2.25. The molecule has 0 saturated heterocycles. The van der Waals surface area contributed by atoms with Crippen LogP contribution in [0.15, 0.2) is 83.4 Å². The molecule has 0 fully saturated rings. The second-order valence-electron chi connectivity index (χ2n) is 7.74. The molecule has 0 heterocycles. The lowest BCUT2D eigenvalue weighted by atomic mass is 10.0. The van der Waals surface area contributed by atoms with Crippen LogP contribution >= 0.6 is 15.9 Å². The summed E-state index contributed by atoms with van der Waals surface area (Å²) < 4.78 is 17.5. The molecule has 3 aromatic rings. The zero-order valence-electron chi connectivity index (χ0n) is 20.3. The molecule has 9 nitrogen and oxygen atoms in total. The number of rotatable bonds is 10. The van der Waals surface area contributed by atoms with Gasteiger partial charge in [-0.2, -0.15) is 0 Å². The third-order valence-electron chi connectivity index (χ3n) is 5.17. The van der Waals surface area contributed by atoms with Crippen molar-refractivity contribution in [3.63, 3.8) is 0 Å². The molecule has 0 saturated carbocycles. The van der Waals surface area contributed by atoms with Crippen molar-refractivity contribution in [2.45, 2.75) is 19.1 Å². The lowest BCUT2D eigenvalue weighted by Crippen LogP contribution is -2.28. The van der Waals surface area contributed by atoms with Gasteiger partial charge in [-0.1, -0.05) is 34.1 Å². The van der Waals surface area contributed by atoms with Gasteiger partial charge in [0.25, 0.3) is 0 Å². The van der Waals surface area contributed by atoms with Crippen molar-refractivity contribution in [1.29, 1.82) is 0 Å². The molecule has 0 unspecified atom stereocenters. The quantitative estimate of drug-likeness (QED) is 0.183. The van der Waals surface area contributed by atoms with Crippen LogP contribution in [0.4, 0.5) is 21.9 Å². The number of hydrogen-bond acceptors (Lipinski definition) is 7. The number of para-hydroxylation sites is 2. The average molecular weight is 570 g/mol. The van der Waals surface area contributed by atoms with Gasteiger partial charge >= 0.3 is 6.09 Å². The molecule has 2 amide bonds. The fourth-order valence-electron chi connectivity index (χ4n) is 3.41. The molecule has 3 aromatic carbocycles. The molecule has 0 bridgehead atoms. The van der Waals surface area contributed by atoms with E-state index >= 15 is 0 Å². The largest absolute Gasteiger partial charge is 0.504 e. The predicted molar refractivity (Wildman–Crippen MR) is 146 cm³/mol. The first kappa shape index (κ1) is 27.6. The van der Waals surface area contributed by atoms with Gasteiger partial charge in [0.05, 0.1) is 18.5 Å². The van der Waals surface area contributed by atoms with E-state index in [2.05, 4.69) is 26.6 Å². The van der Waals surface area contributed by atoms with Crippen molar-refractivity contribution in [2.24, 2.45) is 0 Å². The van der Waals surface area contributed by atoms with Gasteiger partial charge in [-0.25, -0.2) is 4.79 Å². The summed E-state index contributed by atoms with van der Waals surface area (Å²) in [5.74, 6) is -0.332. The van der Waals surface area contributed by atoms with Crippen molar-refractivity contribution in [3.05, 3.63) is 88.9 Å². The molecular weight excluding hydrogens is 542 g/mol. The number of nitrogen functional groups attached to an aromatic ring is 1. The fourth-order valence-corrected chi connectivity index (χ4v) is 3.67. The molecule has 0 aliphatic carbocycles. The highest BCUT2D eigenvalue weighted by Crippen LogP contribution is 2.33. The highest BCUT2D eigenvalue weighted by molar-refractivity contribution is 9.10. The van der Waals surface area contributed by atoms with Gasteiger partial charge in [0.2, 0.25) is 5.91 Å². The highest BCUT2D eigenvalue weighted by Gasteiger charge is 2.27. The Morgan fingerprint density at radius 3 is 2.46 bits per heavy atom. The standard InChI is InChI=1S/C27H28BrN3O6/c1-3-36-24(14-15-25(33)31-21-7-5-4-6-20(21)29)26(17-8-13-23(35-2)22(32)16-17)37-27(34)30-19-11-9-18(28)10-12-19/h4-16,24,26,32H,3,29H2,1-2H3,(H,30,34)(H,31,33)/b15-14+/t24-,26-/m1/s1. The summed E-state index contributed by atoms with van der Waals surface area (Å²) in [5.41, 5.74) is 7.73. The van der Waals surface area contributed by atoms with Crippen LogP contribution < -0.4 is 21.1 Å². The van der Waals surface area contributed by atoms with Gasteiger partial charge in [0.1, 0.15) is 6.10 Å². The Morgan fingerprint density at radius 2 is 1.81 bits per heavy atom. The van der Waals surface area contributed by atoms with E-state index in [0.29, 0.717) is 22.6 Å².